The summed E-state index contributed by atoms with van der Waals surface area (Å²) in [6.07, 6.45) is 6.38. The van der Waals surface area contributed by atoms with Crippen molar-refractivity contribution in [1.29, 1.82) is 0 Å². The number of amides is 2. The maximum absolute atomic E-state index is 13.0. The predicted octanol–water partition coefficient (Wildman–Crippen LogP) is 2.87. The molecule has 2 fully saturated rings. The van der Waals surface area contributed by atoms with Crippen molar-refractivity contribution in [1.82, 2.24) is 9.80 Å². The van der Waals surface area contributed by atoms with Crippen molar-refractivity contribution in [2.45, 2.75) is 38.1 Å². The number of carbonyl (C=O) groups is 2. The first-order chi connectivity index (χ1) is 12.2. The third-order valence-corrected chi connectivity index (χ3v) is 4.96. The van der Waals surface area contributed by atoms with Gasteiger partial charge in [-0.15, -0.1) is 0 Å². The smallest absolute Gasteiger partial charge is 0.254 e. The number of likely N-dealkylation sites (tertiary alicyclic amines) is 2. The third-order valence-electron chi connectivity index (χ3n) is 4.96. The minimum absolute atomic E-state index is 0.0478. The summed E-state index contributed by atoms with van der Waals surface area (Å²) in [4.78, 5) is 28.7. The Morgan fingerprint density at radius 1 is 1.20 bits per heavy atom. The van der Waals surface area contributed by atoms with Crippen LogP contribution in [0.2, 0.25) is 0 Å². The van der Waals surface area contributed by atoms with E-state index in [0.29, 0.717) is 25.1 Å². The van der Waals surface area contributed by atoms with E-state index in [9.17, 15) is 9.59 Å². The lowest BCUT2D eigenvalue weighted by Gasteiger charge is -2.38. The molecule has 0 bridgehead atoms. The largest absolute Gasteiger partial charge is 0.490 e. The Hall–Kier alpha value is -2.30. The summed E-state index contributed by atoms with van der Waals surface area (Å²) < 4.78 is 5.47. The van der Waals surface area contributed by atoms with Gasteiger partial charge in [-0.1, -0.05) is 12.7 Å². The number of benzene rings is 1. The molecule has 0 radical (unpaired) electrons. The number of rotatable bonds is 6. The van der Waals surface area contributed by atoms with Gasteiger partial charge >= 0.3 is 0 Å². The first-order valence-corrected chi connectivity index (χ1v) is 9.11. The molecule has 2 amide bonds. The molecule has 1 aromatic rings. The van der Waals surface area contributed by atoms with Crippen LogP contribution >= 0.6 is 0 Å². The molecule has 5 heteroatoms. The second-order valence-electron chi connectivity index (χ2n) is 6.72. The average molecular weight is 342 g/mol. The van der Waals surface area contributed by atoms with Gasteiger partial charge in [-0.05, 0) is 49.9 Å². The molecule has 1 atom stereocenters. The van der Waals surface area contributed by atoms with Gasteiger partial charge in [0.1, 0.15) is 12.4 Å². The zero-order chi connectivity index (χ0) is 17.6. The average Bonchev–Trinajstić information content (AvgIpc) is 3.05. The Labute approximate surface area is 149 Å². The zero-order valence-electron chi connectivity index (χ0n) is 14.7. The second-order valence-corrected chi connectivity index (χ2v) is 6.72. The van der Waals surface area contributed by atoms with Gasteiger partial charge in [-0.3, -0.25) is 9.59 Å². The Balaban J connectivity index is 1.67. The molecule has 0 spiro atoms. The maximum atomic E-state index is 13.0. The number of hydrogen-bond acceptors (Lipinski definition) is 3. The van der Waals surface area contributed by atoms with Crippen LogP contribution < -0.4 is 4.74 Å². The zero-order valence-corrected chi connectivity index (χ0v) is 14.7. The molecule has 5 nitrogen and oxygen atoms in total. The van der Waals surface area contributed by atoms with Gasteiger partial charge in [0.15, 0.2) is 0 Å². The van der Waals surface area contributed by atoms with E-state index in [4.69, 9.17) is 4.74 Å². The molecule has 0 saturated carbocycles. The summed E-state index contributed by atoms with van der Waals surface area (Å²) in [5.41, 5.74) is 0.672. The lowest BCUT2D eigenvalue weighted by molar-refractivity contribution is -0.128. The molecule has 2 saturated heterocycles. The molecule has 1 aromatic carbocycles. The Bertz CT molecular complexity index is 626. The van der Waals surface area contributed by atoms with E-state index < -0.39 is 0 Å². The topological polar surface area (TPSA) is 49.9 Å². The minimum atomic E-state index is 0.0478. The number of piperidine rings is 1. The van der Waals surface area contributed by atoms with E-state index in [1.165, 1.54) is 0 Å². The number of hydrogen-bond donors (Lipinski definition) is 0. The summed E-state index contributed by atoms with van der Waals surface area (Å²) in [6, 6.07) is 7.39. The molecule has 2 aliphatic rings. The van der Waals surface area contributed by atoms with Crippen LogP contribution in [0.3, 0.4) is 0 Å². The van der Waals surface area contributed by atoms with Crippen LogP contribution in [-0.2, 0) is 4.79 Å². The van der Waals surface area contributed by atoms with Crippen molar-refractivity contribution >= 4 is 11.8 Å². The number of ether oxygens (including phenoxy) is 1. The highest BCUT2D eigenvalue weighted by Crippen LogP contribution is 2.23. The van der Waals surface area contributed by atoms with E-state index >= 15 is 0 Å². The minimum Gasteiger partial charge on any atom is -0.490 e. The van der Waals surface area contributed by atoms with E-state index in [-0.39, 0.29) is 17.9 Å². The van der Waals surface area contributed by atoms with Crippen molar-refractivity contribution < 1.29 is 14.3 Å². The molecule has 134 valence electrons. The standard InChI is InChI=1S/C20H26N2O3/c1-2-14-25-18-10-8-16(9-11-18)20(24)22-13-4-3-6-17(22)15-21-12-5-7-19(21)23/h2,8-11,17H,1,3-7,12-15H2. The third kappa shape index (κ3) is 4.21. The van der Waals surface area contributed by atoms with E-state index in [1.807, 2.05) is 34.1 Å². The summed E-state index contributed by atoms with van der Waals surface area (Å²) >= 11 is 0. The number of nitrogens with zero attached hydrogens (tertiary/aromatic N) is 2. The van der Waals surface area contributed by atoms with Crippen molar-refractivity contribution in [3.63, 3.8) is 0 Å². The van der Waals surface area contributed by atoms with Crippen molar-refractivity contribution in [3.8, 4) is 5.75 Å². The molecular weight excluding hydrogens is 316 g/mol. The highest BCUT2D eigenvalue weighted by molar-refractivity contribution is 5.94. The molecule has 2 heterocycles. The Morgan fingerprint density at radius 3 is 2.68 bits per heavy atom. The van der Waals surface area contributed by atoms with E-state index in [2.05, 4.69) is 6.58 Å². The first-order valence-electron chi connectivity index (χ1n) is 9.11. The summed E-state index contributed by atoms with van der Waals surface area (Å²) in [5, 5.41) is 0. The van der Waals surface area contributed by atoms with Gasteiger partial charge in [-0.2, -0.15) is 0 Å². The van der Waals surface area contributed by atoms with Gasteiger partial charge in [0.2, 0.25) is 5.91 Å². The lowest BCUT2D eigenvalue weighted by atomic mass is 10.00. The van der Waals surface area contributed by atoms with E-state index in [0.717, 1.165) is 44.5 Å². The molecule has 1 unspecified atom stereocenters. The quantitative estimate of drug-likeness (QED) is 0.747. The monoisotopic (exact) mass is 342 g/mol. The van der Waals surface area contributed by atoms with E-state index in [1.54, 1.807) is 6.08 Å². The van der Waals surface area contributed by atoms with Gasteiger partial charge in [0.25, 0.3) is 5.91 Å². The highest BCUT2D eigenvalue weighted by Gasteiger charge is 2.31. The van der Waals surface area contributed by atoms with Crippen LogP contribution in [0.15, 0.2) is 36.9 Å². The van der Waals surface area contributed by atoms with Crippen LogP contribution in [0, 0.1) is 0 Å². The van der Waals surface area contributed by atoms with Gasteiger partial charge in [0, 0.05) is 37.7 Å². The predicted molar refractivity (Wildman–Crippen MR) is 96.6 cm³/mol. The molecule has 3 rings (SSSR count). The first kappa shape index (κ1) is 17.5. The fourth-order valence-corrected chi connectivity index (χ4v) is 3.62. The SMILES string of the molecule is C=CCOc1ccc(C(=O)N2CCCCC2CN2CCCC2=O)cc1. The Morgan fingerprint density at radius 2 is 2.00 bits per heavy atom. The fourth-order valence-electron chi connectivity index (χ4n) is 3.62. The molecule has 2 aliphatic heterocycles. The van der Waals surface area contributed by atoms with Crippen LogP contribution in [0.25, 0.3) is 0 Å². The van der Waals surface area contributed by atoms with Gasteiger partial charge in [0.05, 0.1) is 0 Å². The normalized spacial score (nSPS) is 20.6. The molecule has 0 aliphatic carbocycles. The van der Waals surface area contributed by atoms with Crippen LogP contribution in [0.4, 0.5) is 0 Å². The van der Waals surface area contributed by atoms with Crippen LogP contribution in [0.5, 0.6) is 5.75 Å². The van der Waals surface area contributed by atoms with Crippen molar-refractivity contribution in [2.24, 2.45) is 0 Å². The van der Waals surface area contributed by atoms with Crippen LogP contribution in [-0.4, -0.2) is 53.9 Å². The van der Waals surface area contributed by atoms with Crippen molar-refractivity contribution in [2.75, 3.05) is 26.2 Å². The summed E-state index contributed by atoms with van der Waals surface area (Å²) in [5.74, 6) is 1.00. The second kappa shape index (κ2) is 8.19. The van der Waals surface area contributed by atoms with Gasteiger partial charge < -0.3 is 14.5 Å². The summed E-state index contributed by atoms with van der Waals surface area (Å²) in [7, 11) is 0. The lowest BCUT2D eigenvalue weighted by Crippen LogP contribution is -2.49. The maximum Gasteiger partial charge on any atom is 0.254 e. The van der Waals surface area contributed by atoms with Gasteiger partial charge in [-0.25, -0.2) is 0 Å². The molecule has 0 aromatic heterocycles. The fraction of sp³-hybridized carbons (Fsp3) is 0.500. The molecule has 0 N–H and O–H groups in total. The number of carbonyl (C=O) groups excluding carboxylic acids is 2. The molecule has 25 heavy (non-hydrogen) atoms. The Kier molecular flexibility index (Phi) is 5.74. The molecular formula is C20H26N2O3. The highest BCUT2D eigenvalue weighted by atomic mass is 16.5. The van der Waals surface area contributed by atoms with Crippen molar-refractivity contribution in [3.05, 3.63) is 42.5 Å². The summed E-state index contributed by atoms with van der Waals surface area (Å²) in [6.45, 7) is 6.34. The van der Waals surface area contributed by atoms with Crippen LogP contribution in [0.1, 0.15) is 42.5 Å².